The average Bonchev–Trinajstić information content (AvgIpc) is 2.60. The van der Waals surface area contributed by atoms with Gasteiger partial charge in [-0.2, -0.15) is 0 Å². The first-order valence-electron chi connectivity index (χ1n) is 5.06. The van der Waals surface area contributed by atoms with E-state index in [-0.39, 0.29) is 6.10 Å². The topological polar surface area (TPSA) is 21.3 Å². The average molecular weight is 224 g/mol. The zero-order chi connectivity index (χ0) is 10.7. The maximum absolute atomic E-state index is 5.91. The molecule has 15 heavy (non-hydrogen) atoms. The smallest absolute Gasteiger partial charge is 0.123 e. The van der Waals surface area contributed by atoms with Crippen molar-refractivity contribution < 1.29 is 4.74 Å². The zero-order valence-corrected chi connectivity index (χ0v) is 9.26. The largest absolute Gasteiger partial charge is 0.488 e. The molecule has 1 N–H and O–H groups in total. The highest BCUT2D eigenvalue weighted by atomic mass is 35.5. The van der Waals surface area contributed by atoms with Crippen molar-refractivity contribution >= 4 is 11.6 Å². The first kappa shape index (κ1) is 10.5. The molecule has 0 spiro atoms. The number of nitrogens with one attached hydrogen (secondary N) is 1. The summed E-state index contributed by atoms with van der Waals surface area (Å²) >= 11 is 5.91. The van der Waals surface area contributed by atoms with Crippen molar-refractivity contribution in [3.63, 3.8) is 0 Å². The highest BCUT2D eigenvalue weighted by Gasteiger charge is 2.22. The van der Waals surface area contributed by atoms with Gasteiger partial charge in [0.25, 0.3) is 0 Å². The predicted octanol–water partition coefficient (Wildman–Crippen LogP) is 2.42. The van der Waals surface area contributed by atoms with Crippen molar-refractivity contribution in [2.24, 2.45) is 0 Å². The Morgan fingerprint density at radius 3 is 3.27 bits per heavy atom. The second-order valence-corrected chi connectivity index (χ2v) is 4.08. The molecule has 0 aliphatic carbocycles. The molecule has 0 saturated heterocycles. The van der Waals surface area contributed by atoms with Crippen LogP contribution in [0.5, 0.6) is 5.75 Å². The van der Waals surface area contributed by atoms with Gasteiger partial charge in [-0.3, -0.25) is 0 Å². The summed E-state index contributed by atoms with van der Waals surface area (Å²) in [6.45, 7) is 5.32. The summed E-state index contributed by atoms with van der Waals surface area (Å²) in [6, 6.07) is 5.77. The van der Waals surface area contributed by atoms with Crippen LogP contribution in [-0.4, -0.2) is 19.2 Å². The Bertz CT molecular complexity index is 365. The van der Waals surface area contributed by atoms with Crippen molar-refractivity contribution in [2.75, 3.05) is 13.1 Å². The van der Waals surface area contributed by atoms with Crippen LogP contribution in [0.3, 0.4) is 0 Å². The molecule has 1 aromatic carbocycles. The second kappa shape index (κ2) is 4.69. The Labute approximate surface area is 94.9 Å². The van der Waals surface area contributed by atoms with E-state index in [1.54, 1.807) is 0 Å². The predicted molar refractivity (Wildman–Crippen MR) is 62.6 cm³/mol. The fourth-order valence-corrected chi connectivity index (χ4v) is 1.94. The van der Waals surface area contributed by atoms with Gasteiger partial charge in [0.2, 0.25) is 0 Å². The van der Waals surface area contributed by atoms with Gasteiger partial charge in [-0.25, -0.2) is 0 Å². The number of ether oxygens (including phenoxy) is 1. The number of fused-ring (bicyclic) bond motifs is 1. The van der Waals surface area contributed by atoms with E-state index >= 15 is 0 Å². The molecule has 1 heterocycles. The van der Waals surface area contributed by atoms with Gasteiger partial charge in [0.05, 0.1) is 0 Å². The van der Waals surface area contributed by atoms with E-state index in [2.05, 4.69) is 11.9 Å². The lowest BCUT2D eigenvalue weighted by molar-refractivity contribution is 0.229. The summed E-state index contributed by atoms with van der Waals surface area (Å²) in [4.78, 5) is 0. The Morgan fingerprint density at radius 1 is 1.60 bits per heavy atom. The standard InChI is InChI=1S/C12H14ClNO/c1-2-5-14-8-11-7-9-6-10(13)3-4-12(9)15-11/h2-4,6,11,14H,1,5,7-8H2. The van der Waals surface area contributed by atoms with E-state index in [1.807, 2.05) is 24.3 Å². The third-order valence-electron chi connectivity index (χ3n) is 2.42. The van der Waals surface area contributed by atoms with Gasteiger partial charge in [-0.15, -0.1) is 6.58 Å². The van der Waals surface area contributed by atoms with E-state index in [0.29, 0.717) is 0 Å². The molecular formula is C12H14ClNO. The lowest BCUT2D eigenvalue weighted by Gasteiger charge is -2.10. The molecule has 1 aliphatic rings. The number of benzene rings is 1. The number of hydrogen-bond donors (Lipinski definition) is 1. The van der Waals surface area contributed by atoms with E-state index in [1.165, 1.54) is 5.56 Å². The lowest BCUT2D eigenvalue weighted by Crippen LogP contribution is -2.30. The first-order valence-corrected chi connectivity index (χ1v) is 5.44. The molecule has 3 heteroatoms. The fourth-order valence-electron chi connectivity index (χ4n) is 1.75. The molecule has 1 atom stereocenters. The second-order valence-electron chi connectivity index (χ2n) is 3.64. The minimum absolute atomic E-state index is 0.221. The summed E-state index contributed by atoms with van der Waals surface area (Å²) in [7, 11) is 0. The minimum atomic E-state index is 0.221. The Balaban J connectivity index is 1.94. The number of rotatable bonds is 4. The van der Waals surface area contributed by atoms with Gasteiger partial charge in [0.1, 0.15) is 11.9 Å². The van der Waals surface area contributed by atoms with Crippen LogP contribution in [0, 0.1) is 0 Å². The van der Waals surface area contributed by atoms with Crippen LogP contribution in [0.1, 0.15) is 5.56 Å². The van der Waals surface area contributed by atoms with Crippen LogP contribution >= 0.6 is 11.6 Å². The van der Waals surface area contributed by atoms with Crippen LogP contribution in [0.25, 0.3) is 0 Å². The highest BCUT2D eigenvalue weighted by Crippen LogP contribution is 2.30. The molecule has 0 radical (unpaired) electrons. The van der Waals surface area contributed by atoms with Crippen molar-refractivity contribution in [2.45, 2.75) is 12.5 Å². The Hall–Kier alpha value is -0.990. The Kier molecular flexibility index (Phi) is 3.29. The number of halogens is 1. The summed E-state index contributed by atoms with van der Waals surface area (Å²) in [5.74, 6) is 0.963. The number of hydrogen-bond acceptors (Lipinski definition) is 2. The van der Waals surface area contributed by atoms with Crippen molar-refractivity contribution in [1.29, 1.82) is 0 Å². The van der Waals surface area contributed by atoms with Gasteiger partial charge in [0.15, 0.2) is 0 Å². The first-order chi connectivity index (χ1) is 7.29. The monoisotopic (exact) mass is 223 g/mol. The van der Waals surface area contributed by atoms with E-state index in [4.69, 9.17) is 16.3 Å². The molecule has 1 aromatic rings. The third-order valence-corrected chi connectivity index (χ3v) is 2.66. The molecule has 1 aliphatic heterocycles. The molecule has 0 bridgehead atoms. The van der Waals surface area contributed by atoms with Crippen LogP contribution < -0.4 is 10.1 Å². The van der Waals surface area contributed by atoms with Crippen molar-refractivity contribution in [3.8, 4) is 5.75 Å². The van der Waals surface area contributed by atoms with Gasteiger partial charge >= 0.3 is 0 Å². The maximum Gasteiger partial charge on any atom is 0.123 e. The quantitative estimate of drug-likeness (QED) is 0.625. The van der Waals surface area contributed by atoms with Crippen LogP contribution in [-0.2, 0) is 6.42 Å². The van der Waals surface area contributed by atoms with Crippen LogP contribution in [0.2, 0.25) is 5.02 Å². The van der Waals surface area contributed by atoms with Gasteiger partial charge < -0.3 is 10.1 Å². The lowest BCUT2D eigenvalue weighted by atomic mass is 10.1. The van der Waals surface area contributed by atoms with Crippen LogP contribution in [0.15, 0.2) is 30.9 Å². The van der Waals surface area contributed by atoms with Crippen molar-refractivity contribution in [1.82, 2.24) is 5.32 Å². The summed E-state index contributed by atoms with van der Waals surface area (Å²) < 4.78 is 5.75. The molecular weight excluding hydrogens is 210 g/mol. The molecule has 0 saturated carbocycles. The van der Waals surface area contributed by atoms with E-state index in [9.17, 15) is 0 Å². The molecule has 80 valence electrons. The van der Waals surface area contributed by atoms with E-state index < -0.39 is 0 Å². The molecule has 0 amide bonds. The van der Waals surface area contributed by atoms with Gasteiger partial charge in [-0.05, 0) is 23.8 Å². The normalized spacial score (nSPS) is 18.3. The Morgan fingerprint density at radius 2 is 2.47 bits per heavy atom. The van der Waals surface area contributed by atoms with Gasteiger partial charge in [0, 0.05) is 24.5 Å². The highest BCUT2D eigenvalue weighted by molar-refractivity contribution is 6.30. The minimum Gasteiger partial charge on any atom is -0.488 e. The molecule has 0 fully saturated rings. The third kappa shape index (κ3) is 2.52. The molecule has 0 aromatic heterocycles. The van der Waals surface area contributed by atoms with Crippen molar-refractivity contribution in [3.05, 3.63) is 41.4 Å². The summed E-state index contributed by atoms with van der Waals surface area (Å²) in [5.41, 5.74) is 1.20. The zero-order valence-electron chi connectivity index (χ0n) is 8.50. The summed E-state index contributed by atoms with van der Waals surface area (Å²) in [6.07, 6.45) is 3.00. The maximum atomic E-state index is 5.91. The molecule has 2 rings (SSSR count). The van der Waals surface area contributed by atoms with Crippen LogP contribution in [0.4, 0.5) is 0 Å². The SMILES string of the molecule is C=CCNCC1Cc2cc(Cl)ccc2O1. The molecule has 2 nitrogen and oxygen atoms in total. The molecule has 1 unspecified atom stereocenters. The summed E-state index contributed by atoms with van der Waals surface area (Å²) in [5, 5.41) is 4.03. The fraction of sp³-hybridized carbons (Fsp3) is 0.333. The van der Waals surface area contributed by atoms with Gasteiger partial charge in [-0.1, -0.05) is 17.7 Å². The van der Waals surface area contributed by atoms with E-state index in [0.717, 1.165) is 30.3 Å².